The summed E-state index contributed by atoms with van der Waals surface area (Å²) < 4.78 is 5.69. The maximum Gasteiger partial charge on any atom is 0.0575 e. The van der Waals surface area contributed by atoms with Crippen molar-refractivity contribution in [2.45, 2.75) is 58.0 Å². The van der Waals surface area contributed by atoms with Gasteiger partial charge in [-0.15, -0.1) is 0 Å². The van der Waals surface area contributed by atoms with Crippen molar-refractivity contribution < 1.29 is 4.74 Å². The van der Waals surface area contributed by atoms with Crippen LogP contribution in [-0.4, -0.2) is 25.8 Å². The first kappa shape index (κ1) is 12.0. The molecule has 1 aliphatic carbocycles. The summed E-state index contributed by atoms with van der Waals surface area (Å²) in [6.45, 7) is 5.43. The van der Waals surface area contributed by atoms with Crippen LogP contribution in [0.25, 0.3) is 0 Å². The molecule has 0 aliphatic heterocycles. The molecule has 0 spiro atoms. The molecule has 1 fully saturated rings. The minimum absolute atomic E-state index is 0.622. The lowest BCUT2D eigenvalue weighted by Gasteiger charge is -2.25. The normalized spacial score (nSPS) is 16.9. The topological polar surface area (TPSA) is 21.3 Å². The molecule has 0 radical (unpaired) electrons. The second-order valence-corrected chi connectivity index (χ2v) is 4.19. The molecule has 0 heterocycles. The van der Waals surface area contributed by atoms with Gasteiger partial charge >= 0.3 is 0 Å². The second kappa shape index (κ2) is 8.25. The standard InChI is InChI=1S/C12H25NO/c1-2-13-10-5-3-4-6-11-14-12-8-7-9-12/h12-13H,2-11H2,1H3. The van der Waals surface area contributed by atoms with Gasteiger partial charge in [0.15, 0.2) is 0 Å². The van der Waals surface area contributed by atoms with E-state index in [2.05, 4.69) is 12.2 Å². The Morgan fingerprint density at radius 3 is 2.57 bits per heavy atom. The molecule has 2 heteroatoms. The minimum atomic E-state index is 0.622. The fourth-order valence-corrected chi connectivity index (χ4v) is 1.67. The van der Waals surface area contributed by atoms with Gasteiger partial charge in [-0.05, 0) is 45.2 Å². The minimum Gasteiger partial charge on any atom is -0.378 e. The summed E-state index contributed by atoms with van der Waals surface area (Å²) in [5.74, 6) is 0. The molecular formula is C12H25NO. The summed E-state index contributed by atoms with van der Waals surface area (Å²) in [6.07, 6.45) is 9.87. The molecule has 0 saturated heterocycles. The SMILES string of the molecule is CCNCCCCCCOC1CCC1. The Balaban J connectivity index is 1.67. The first-order valence-electron chi connectivity index (χ1n) is 6.26. The molecule has 14 heavy (non-hydrogen) atoms. The largest absolute Gasteiger partial charge is 0.378 e. The third kappa shape index (κ3) is 5.61. The van der Waals surface area contributed by atoms with Crippen LogP contribution in [0, 0.1) is 0 Å². The Kier molecular flexibility index (Phi) is 7.06. The zero-order valence-corrected chi connectivity index (χ0v) is 9.56. The van der Waals surface area contributed by atoms with Crippen molar-refractivity contribution in [3.8, 4) is 0 Å². The third-order valence-corrected chi connectivity index (χ3v) is 2.90. The van der Waals surface area contributed by atoms with Crippen LogP contribution in [-0.2, 0) is 4.74 Å². The summed E-state index contributed by atoms with van der Waals surface area (Å²) in [5.41, 5.74) is 0. The van der Waals surface area contributed by atoms with Crippen LogP contribution in [0.5, 0.6) is 0 Å². The fourth-order valence-electron chi connectivity index (χ4n) is 1.67. The Labute approximate surface area is 88.4 Å². The Hall–Kier alpha value is -0.0800. The fraction of sp³-hybridized carbons (Fsp3) is 1.00. The van der Waals surface area contributed by atoms with E-state index in [0.717, 1.165) is 13.2 Å². The van der Waals surface area contributed by atoms with Crippen molar-refractivity contribution in [2.24, 2.45) is 0 Å². The average Bonchev–Trinajstić information content (AvgIpc) is 2.13. The maximum absolute atomic E-state index is 5.69. The highest BCUT2D eigenvalue weighted by Crippen LogP contribution is 2.21. The molecule has 84 valence electrons. The van der Waals surface area contributed by atoms with Crippen molar-refractivity contribution >= 4 is 0 Å². The van der Waals surface area contributed by atoms with E-state index in [4.69, 9.17) is 4.74 Å². The molecule has 0 atom stereocenters. The first-order chi connectivity index (χ1) is 6.93. The highest BCUT2D eigenvalue weighted by Gasteiger charge is 2.16. The molecule has 0 bridgehead atoms. The van der Waals surface area contributed by atoms with E-state index in [1.807, 2.05) is 0 Å². The number of unbranched alkanes of at least 4 members (excludes halogenated alkanes) is 3. The second-order valence-electron chi connectivity index (χ2n) is 4.19. The van der Waals surface area contributed by atoms with E-state index in [1.54, 1.807) is 0 Å². The van der Waals surface area contributed by atoms with Gasteiger partial charge in [0.2, 0.25) is 0 Å². The van der Waals surface area contributed by atoms with Gasteiger partial charge in [-0.1, -0.05) is 19.8 Å². The van der Waals surface area contributed by atoms with E-state index < -0.39 is 0 Å². The molecule has 0 amide bonds. The van der Waals surface area contributed by atoms with Gasteiger partial charge < -0.3 is 10.1 Å². The number of hydrogen-bond donors (Lipinski definition) is 1. The number of ether oxygens (including phenoxy) is 1. The van der Waals surface area contributed by atoms with Crippen LogP contribution in [0.3, 0.4) is 0 Å². The predicted octanol–water partition coefficient (Wildman–Crippen LogP) is 2.73. The molecular weight excluding hydrogens is 174 g/mol. The zero-order valence-electron chi connectivity index (χ0n) is 9.56. The molecule has 0 aromatic heterocycles. The Morgan fingerprint density at radius 2 is 1.93 bits per heavy atom. The summed E-state index contributed by atoms with van der Waals surface area (Å²) in [4.78, 5) is 0. The summed E-state index contributed by atoms with van der Waals surface area (Å²) >= 11 is 0. The first-order valence-corrected chi connectivity index (χ1v) is 6.26. The number of rotatable bonds is 9. The average molecular weight is 199 g/mol. The van der Waals surface area contributed by atoms with Crippen molar-refractivity contribution in [3.63, 3.8) is 0 Å². The lowest BCUT2D eigenvalue weighted by Crippen LogP contribution is -2.21. The van der Waals surface area contributed by atoms with Crippen LogP contribution >= 0.6 is 0 Å². The summed E-state index contributed by atoms with van der Waals surface area (Å²) in [7, 11) is 0. The van der Waals surface area contributed by atoms with Gasteiger partial charge in [0.1, 0.15) is 0 Å². The van der Waals surface area contributed by atoms with E-state index in [1.165, 1.54) is 51.5 Å². The van der Waals surface area contributed by atoms with Gasteiger partial charge in [-0.3, -0.25) is 0 Å². The predicted molar refractivity (Wildman–Crippen MR) is 60.6 cm³/mol. The Morgan fingerprint density at radius 1 is 1.14 bits per heavy atom. The van der Waals surface area contributed by atoms with Gasteiger partial charge in [0.25, 0.3) is 0 Å². The lowest BCUT2D eigenvalue weighted by atomic mass is 9.96. The number of nitrogens with one attached hydrogen (secondary N) is 1. The monoisotopic (exact) mass is 199 g/mol. The smallest absolute Gasteiger partial charge is 0.0575 e. The van der Waals surface area contributed by atoms with Gasteiger partial charge in [-0.2, -0.15) is 0 Å². The molecule has 1 saturated carbocycles. The molecule has 1 aliphatic rings. The van der Waals surface area contributed by atoms with Crippen LogP contribution in [0.2, 0.25) is 0 Å². The van der Waals surface area contributed by atoms with Crippen LogP contribution in [0.1, 0.15) is 51.9 Å². The highest BCUT2D eigenvalue weighted by atomic mass is 16.5. The Bertz CT molecular complexity index is 123. The summed E-state index contributed by atoms with van der Waals surface area (Å²) in [6, 6.07) is 0. The lowest BCUT2D eigenvalue weighted by molar-refractivity contribution is 0.000628. The maximum atomic E-state index is 5.69. The third-order valence-electron chi connectivity index (χ3n) is 2.90. The number of hydrogen-bond acceptors (Lipinski definition) is 2. The molecule has 1 rings (SSSR count). The molecule has 2 nitrogen and oxygen atoms in total. The van der Waals surface area contributed by atoms with Crippen molar-refractivity contribution in [1.29, 1.82) is 0 Å². The highest BCUT2D eigenvalue weighted by molar-refractivity contribution is 4.68. The van der Waals surface area contributed by atoms with Gasteiger partial charge in [-0.25, -0.2) is 0 Å². The van der Waals surface area contributed by atoms with Crippen molar-refractivity contribution in [3.05, 3.63) is 0 Å². The van der Waals surface area contributed by atoms with E-state index >= 15 is 0 Å². The van der Waals surface area contributed by atoms with E-state index in [9.17, 15) is 0 Å². The van der Waals surface area contributed by atoms with Crippen molar-refractivity contribution in [1.82, 2.24) is 5.32 Å². The van der Waals surface area contributed by atoms with Crippen LogP contribution in [0.4, 0.5) is 0 Å². The van der Waals surface area contributed by atoms with E-state index in [0.29, 0.717) is 6.10 Å². The molecule has 0 unspecified atom stereocenters. The molecule has 0 aromatic carbocycles. The molecule has 0 aromatic rings. The van der Waals surface area contributed by atoms with Gasteiger partial charge in [0, 0.05) is 6.61 Å². The van der Waals surface area contributed by atoms with Crippen molar-refractivity contribution in [2.75, 3.05) is 19.7 Å². The quantitative estimate of drug-likeness (QED) is 0.576. The van der Waals surface area contributed by atoms with Gasteiger partial charge in [0.05, 0.1) is 6.10 Å². The molecule has 1 N–H and O–H groups in total. The summed E-state index contributed by atoms with van der Waals surface area (Å²) in [5, 5.41) is 3.34. The van der Waals surface area contributed by atoms with Crippen LogP contribution < -0.4 is 5.32 Å². The zero-order chi connectivity index (χ0) is 10.1. The van der Waals surface area contributed by atoms with E-state index in [-0.39, 0.29) is 0 Å². The van der Waals surface area contributed by atoms with Crippen LogP contribution in [0.15, 0.2) is 0 Å².